The molecule has 2 heterocycles. The number of carbonyl (C=O) groups is 1. The van der Waals surface area contributed by atoms with Gasteiger partial charge in [-0.1, -0.05) is 17.4 Å². The molecule has 0 aliphatic rings. The van der Waals surface area contributed by atoms with Crippen molar-refractivity contribution in [3.8, 4) is 0 Å². The quantitative estimate of drug-likeness (QED) is 0.905. The van der Waals surface area contributed by atoms with E-state index < -0.39 is 5.97 Å². The first-order valence-electron chi connectivity index (χ1n) is 5.09. The van der Waals surface area contributed by atoms with Crippen molar-refractivity contribution >= 4 is 33.8 Å². The number of thiazole rings is 1. The number of thiophene rings is 1. The SMILES string of the molecule is CN(CCc1cccs1)c1ncc(C(=O)O)s1. The van der Waals surface area contributed by atoms with E-state index >= 15 is 0 Å². The van der Waals surface area contributed by atoms with E-state index in [-0.39, 0.29) is 4.88 Å². The number of hydrogen-bond acceptors (Lipinski definition) is 5. The molecule has 0 saturated carbocycles. The topological polar surface area (TPSA) is 53.4 Å². The number of carboxylic acid groups (broad SMARTS) is 1. The maximum absolute atomic E-state index is 10.7. The van der Waals surface area contributed by atoms with E-state index in [1.54, 1.807) is 11.3 Å². The predicted molar refractivity (Wildman–Crippen MR) is 70.4 cm³/mol. The molecule has 0 spiro atoms. The zero-order chi connectivity index (χ0) is 12.3. The van der Waals surface area contributed by atoms with E-state index in [4.69, 9.17) is 5.11 Å². The third-order valence-electron chi connectivity index (χ3n) is 2.30. The van der Waals surface area contributed by atoms with E-state index in [1.165, 1.54) is 22.4 Å². The maximum Gasteiger partial charge on any atom is 0.347 e. The van der Waals surface area contributed by atoms with Crippen molar-refractivity contribution in [1.82, 2.24) is 4.98 Å². The molecule has 0 amide bonds. The summed E-state index contributed by atoms with van der Waals surface area (Å²) in [6.45, 7) is 0.840. The summed E-state index contributed by atoms with van der Waals surface area (Å²) in [7, 11) is 1.93. The summed E-state index contributed by atoms with van der Waals surface area (Å²) in [5.74, 6) is -0.916. The molecule has 2 aromatic heterocycles. The Hall–Kier alpha value is -1.40. The van der Waals surface area contributed by atoms with Gasteiger partial charge in [-0.05, 0) is 17.9 Å². The summed E-state index contributed by atoms with van der Waals surface area (Å²) in [6, 6.07) is 4.13. The van der Waals surface area contributed by atoms with Crippen LogP contribution in [-0.4, -0.2) is 29.7 Å². The van der Waals surface area contributed by atoms with E-state index in [9.17, 15) is 4.79 Å². The van der Waals surface area contributed by atoms with E-state index in [1.807, 2.05) is 18.0 Å². The van der Waals surface area contributed by atoms with E-state index in [2.05, 4.69) is 16.4 Å². The van der Waals surface area contributed by atoms with Gasteiger partial charge in [0.25, 0.3) is 0 Å². The molecule has 2 rings (SSSR count). The predicted octanol–water partition coefficient (Wildman–Crippen LogP) is 2.58. The van der Waals surface area contributed by atoms with Crippen LogP contribution in [0.15, 0.2) is 23.7 Å². The van der Waals surface area contributed by atoms with Gasteiger partial charge in [0.2, 0.25) is 0 Å². The summed E-state index contributed by atoms with van der Waals surface area (Å²) in [4.78, 5) is 18.4. The van der Waals surface area contributed by atoms with Crippen molar-refractivity contribution in [1.29, 1.82) is 0 Å². The molecule has 0 saturated heterocycles. The lowest BCUT2D eigenvalue weighted by molar-refractivity contribution is 0.0702. The Balaban J connectivity index is 1.94. The molecule has 0 fully saturated rings. The fourth-order valence-corrected chi connectivity index (χ4v) is 2.81. The normalized spacial score (nSPS) is 10.4. The van der Waals surface area contributed by atoms with Crippen LogP contribution in [0.25, 0.3) is 0 Å². The Labute approximate surface area is 107 Å². The fourth-order valence-electron chi connectivity index (χ4n) is 1.37. The molecule has 0 atom stereocenters. The second kappa shape index (κ2) is 5.29. The fraction of sp³-hybridized carbons (Fsp3) is 0.273. The van der Waals surface area contributed by atoms with Crippen LogP contribution in [0.1, 0.15) is 14.5 Å². The van der Waals surface area contributed by atoms with E-state index in [0.717, 1.165) is 18.1 Å². The van der Waals surface area contributed by atoms with Gasteiger partial charge < -0.3 is 10.0 Å². The number of likely N-dealkylation sites (N-methyl/N-ethyl adjacent to an activating group) is 1. The molecule has 2 aromatic rings. The monoisotopic (exact) mass is 268 g/mol. The maximum atomic E-state index is 10.7. The van der Waals surface area contributed by atoms with Crippen LogP contribution >= 0.6 is 22.7 Å². The van der Waals surface area contributed by atoms with Gasteiger partial charge in [0.05, 0.1) is 6.20 Å². The highest BCUT2D eigenvalue weighted by molar-refractivity contribution is 7.17. The molecule has 90 valence electrons. The highest BCUT2D eigenvalue weighted by Crippen LogP contribution is 2.21. The van der Waals surface area contributed by atoms with Crippen molar-refractivity contribution < 1.29 is 9.90 Å². The third-order valence-corrected chi connectivity index (χ3v) is 4.34. The van der Waals surface area contributed by atoms with Crippen molar-refractivity contribution in [3.05, 3.63) is 33.5 Å². The molecule has 6 heteroatoms. The smallest absolute Gasteiger partial charge is 0.347 e. The number of hydrogen-bond donors (Lipinski definition) is 1. The Morgan fingerprint density at radius 3 is 3.00 bits per heavy atom. The van der Waals surface area contributed by atoms with Gasteiger partial charge in [-0.15, -0.1) is 11.3 Å². The number of nitrogens with zero attached hydrogens (tertiary/aromatic N) is 2. The van der Waals surface area contributed by atoms with Crippen LogP contribution < -0.4 is 4.90 Å². The summed E-state index contributed by atoms with van der Waals surface area (Å²) >= 11 is 2.94. The highest BCUT2D eigenvalue weighted by atomic mass is 32.1. The van der Waals surface area contributed by atoms with Gasteiger partial charge in [0.15, 0.2) is 5.13 Å². The molecule has 0 unspecified atom stereocenters. The van der Waals surface area contributed by atoms with Crippen molar-refractivity contribution in [2.75, 3.05) is 18.5 Å². The highest BCUT2D eigenvalue weighted by Gasteiger charge is 2.11. The summed E-state index contributed by atoms with van der Waals surface area (Å²) < 4.78 is 0. The molecular formula is C11H12N2O2S2. The first-order valence-corrected chi connectivity index (χ1v) is 6.79. The lowest BCUT2D eigenvalue weighted by Gasteiger charge is -2.14. The largest absolute Gasteiger partial charge is 0.477 e. The number of carboxylic acids is 1. The standard InChI is InChI=1S/C11H12N2O2S2/c1-13(5-4-8-3-2-6-16-8)11-12-7-9(17-11)10(14)15/h2-3,6-7H,4-5H2,1H3,(H,14,15). The minimum atomic E-state index is -0.916. The van der Waals surface area contributed by atoms with Gasteiger partial charge >= 0.3 is 5.97 Å². The van der Waals surface area contributed by atoms with Crippen LogP contribution in [-0.2, 0) is 6.42 Å². The van der Waals surface area contributed by atoms with Gasteiger partial charge in [0.1, 0.15) is 4.88 Å². The van der Waals surface area contributed by atoms with Crippen molar-refractivity contribution in [3.63, 3.8) is 0 Å². The van der Waals surface area contributed by atoms with Crippen LogP contribution in [0.3, 0.4) is 0 Å². The number of anilines is 1. The second-order valence-electron chi connectivity index (χ2n) is 3.56. The molecule has 0 aliphatic heterocycles. The minimum Gasteiger partial charge on any atom is -0.477 e. The lowest BCUT2D eigenvalue weighted by atomic mass is 10.3. The van der Waals surface area contributed by atoms with Gasteiger partial charge in [-0.3, -0.25) is 0 Å². The van der Waals surface area contributed by atoms with Gasteiger partial charge in [0, 0.05) is 18.5 Å². The van der Waals surface area contributed by atoms with Crippen LogP contribution in [0.5, 0.6) is 0 Å². The second-order valence-corrected chi connectivity index (χ2v) is 5.60. The average molecular weight is 268 g/mol. The summed E-state index contributed by atoms with van der Waals surface area (Å²) in [5, 5.41) is 11.6. The molecule has 4 nitrogen and oxygen atoms in total. The van der Waals surface area contributed by atoms with Gasteiger partial charge in [-0.25, -0.2) is 9.78 Å². The molecular weight excluding hydrogens is 256 g/mol. The molecule has 0 radical (unpaired) electrons. The lowest BCUT2D eigenvalue weighted by Crippen LogP contribution is -2.19. The van der Waals surface area contributed by atoms with Crippen LogP contribution in [0.2, 0.25) is 0 Å². The first kappa shape index (κ1) is 12.1. The van der Waals surface area contributed by atoms with Crippen LogP contribution in [0, 0.1) is 0 Å². The molecule has 0 bridgehead atoms. The third kappa shape index (κ3) is 3.04. The zero-order valence-electron chi connectivity index (χ0n) is 9.29. The van der Waals surface area contributed by atoms with E-state index in [0.29, 0.717) is 0 Å². The van der Waals surface area contributed by atoms with Crippen LogP contribution in [0.4, 0.5) is 5.13 Å². The molecule has 17 heavy (non-hydrogen) atoms. The van der Waals surface area contributed by atoms with Crippen molar-refractivity contribution in [2.45, 2.75) is 6.42 Å². The summed E-state index contributed by atoms with van der Waals surface area (Å²) in [6.07, 6.45) is 2.36. The first-order chi connectivity index (χ1) is 8.16. The molecule has 0 aromatic carbocycles. The number of aromatic carboxylic acids is 1. The Kier molecular flexibility index (Phi) is 3.75. The Bertz CT molecular complexity index is 493. The van der Waals surface area contributed by atoms with Crippen molar-refractivity contribution in [2.24, 2.45) is 0 Å². The number of rotatable bonds is 5. The number of aromatic nitrogens is 1. The zero-order valence-corrected chi connectivity index (χ0v) is 10.9. The molecule has 0 aliphatic carbocycles. The Morgan fingerprint density at radius 2 is 2.41 bits per heavy atom. The Morgan fingerprint density at radius 1 is 1.59 bits per heavy atom. The summed E-state index contributed by atoms with van der Waals surface area (Å²) in [5.41, 5.74) is 0. The minimum absolute atomic E-state index is 0.281. The molecule has 1 N–H and O–H groups in total. The average Bonchev–Trinajstić information content (AvgIpc) is 2.96. The van der Waals surface area contributed by atoms with Gasteiger partial charge in [-0.2, -0.15) is 0 Å².